The van der Waals surface area contributed by atoms with Gasteiger partial charge in [0.25, 0.3) is 0 Å². The molecular weight excluding hydrogens is 274 g/mol. The number of anilines is 1. The molecule has 0 saturated carbocycles. The maximum atomic E-state index is 11.5. The number of ether oxygens (including phenoxy) is 1. The van der Waals surface area contributed by atoms with Gasteiger partial charge >= 0.3 is 16.3 Å². The fraction of sp³-hybridized carbons (Fsp3) is 0.556. The number of carbonyl (C=O) groups excluding carboxylic acids is 1. The molecule has 9 nitrogen and oxygen atoms in total. The summed E-state index contributed by atoms with van der Waals surface area (Å²) in [5.74, 6) is 0.340. The maximum Gasteiger partial charge on any atom is 0.422 e. The topological polar surface area (TPSA) is 128 Å². The number of hydrogen-bond donors (Lipinski definition) is 3. The second-order valence-electron chi connectivity index (χ2n) is 4.06. The third-order valence-corrected chi connectivity index (χ3v) is 3.04. The van der Waals surface area contributed by atoms with Crippen molar-refractivity contribution in [1.82, 2.24) is 19.2 Å². The van der Waals surface area contributed by atoms with Crippen LogP contribution in [-0.4, -0.2) is 30.4 Å². The predicted octanol–water partition coefficient (Wildman–Crippen LogP) is -0.529. The highest BCUT2D eigenvalue weighted by molar-refractivity contribution is 7.88. The Hall–Kier alpha value is -1.81. The van der Waals surface area contributed by atoms with Crippen LogP contribution in [0.2, 0.25) is 0 Å². The lowest BCUT2D eigenvalue weighted by molar-refractivity contribution is 0.121. The van der Waals surface area contributed by atoms with E-state index in [0.717, 1.165) is 0 Å². The van der Waals surface area contributed by atoms with Crippen LogP contribution >= 0.6 is 0 Å². The Morgan fingerprint density at radius 3 is 2.68 bits per heavy atom. The smallest absolute Gasteiger partial charge is 0.422 e. The zero-order valence-electron chi connectivity index (χ0n) is 10.9. The van der Waals surface area contributed by atoms with Gasteiger partial charge in [-0.2, -0.15) is 18.2 Å². The number of rotatable bonds is 5. The molecule has 1 amide bonds. The van der Waals surface area contributed by atoms with Gasteiger partial charge in [-0.1, -0.05) is 0 Å². The quantitative estimate of drug-likeness (QED) is 0.669. The molecule has 19 heavy (non-hydrogen) atoms. The molecule has 4 N–H and O–H groups in total. The molecule has 0 atom stereocenters. The number of nitrogens with one attached hydrogen (secondary N) is 2. The Balaban J connectivity index is 2.56. The number of hydrogen-bond acceptors (Lipinski definition) is 6. The van der Waals surface area contributed by atoms with Gasteiger partial charge in [0.05, 0.1) is 12.3 Å². The summed E-state index contributed by atoms with van der Waals surface area (Å²) in [5.41, 5.74) is 6.16. The molecule has 0 aliphatic rings. The largest absolute Gasteiger partial charge is 0.446 e. The third kappa shape index (κ3) is 4.75. The summed E-state index contributed by atoms with van der Waals surface area (Å²) in [6.45, 7) is 3.13. The summed E-state index contributed by atoms with van der Waals surface area (Å²) < 4.78 is 33.0. The summed E-state index contributed by atoms with van der Waals surface area (Å²) in [6, 6.07) is 0. The molecule has 0 radical (unpaired) electrons. The molecule has 108 valence electrons. The normalized spacial score (nSPS) is 11.6. The Labute approximate surface area is 111 Å². The molecule has 1 heterocycles. The van der Waals surface area contributed by atoms with E-state index in [9.17, 15) is 13.2 Å². The van der Waals surface area contributed by atoms with E-state index in [0.29, 0.717) is 11.4 Å². The Bertz CT molecular complexity index is 551. The van der Waals surface area contributed by atoms with E-state index >= 15 is 0 Å². The molecule has 0 aliphatic carbocycles. The van der Waals surface area contributed by atoms with E-state index < -0.39 is 22.4 Å². The fourth-order valence-corrected chi connectivity index (χ4v) is 1.87. The van der Waals surface area contributed by atoms with Crippen LogP contribution in [0, 0.1) is 0 Å². The first-order chi connectivity index (χ1) is 8.71. The van der Waals surface area contributed by atoms with E-state index in [2.05, 4.69) is 14.6 Å². The van der Waals surface area contributed by atoms with Gasteiger partial charge in [-0.15, -0.1) is 0 Å². The van der Waals surface area contributed by atoms with Crippen molar-refractivity contribution in [3.63, 3.8) is 0 Å². The highest BCUT2D eigenvalue weighted by Crippen LogP contribution is 2.08. The number of nitrogens with two attached hydrogens (primary N) is 1. The number of nitrogens with zero attached hydrogens (tertiary/aromatic N) is 2. The van der Waals surface area contributed by atoms with Gasteiger partial charge in [-0.3, -0.25) is 4.68 Å². The van der Waals surface area contributed by atoms with Crippen molar-refractivity contribution in [3.8, 4) is 0 Å². The molecule has 10 heteroatoms. The average Bonchev–Trinajstić information content (AvgIpc) is 2.55. The standard InChI is InChI=1S/C9H17N5O4S/c1-6(2)18-9(15)13-19(16,17)12-5-7-4-11-14(3)8(7)10/h4,6,12H,5,10H2,1-3H3,(H,13,15). The first kappa shape index (κ1) is 15.2. The van der Waals surface area contributed by atoms with Gasteiger partial charge in [-0.25, -0.2) is 9.52 Å². The Kier molecular flexibility index (Phi) is 4.72. The van der Waals surface area contributed by atoms with Crippen molar-refractivity contribution < 1.29 is 17.9 Å². The van der Waals surface area contributed by atoms with Crippen molar-refractivity contribution in [2.75, 3.05) is 5.73 Å². The number of aryl methyl sites for hydroxylation is 1. The van der Waals surface area contributed by atoms with Crippen LogP contribution < -0.4 is 15.2 Å². The molecule has 0 unspecified atom stereocenters. The zero-order valence-corrected chi connectivity index (χ0v) is 11.7. The third-order valence-electron chi connectivity index (χ3n) is 2.08. The first-order valence-corrected chi connectivity index (χ1v) is 6.94. The van der Waals surface area contributed by atoms with Crippen LogP contribution in [0.3, 0.4) is 0 Å². The van der Waals surface area contributed by atoms with Gasteiger partial charge in [0.2, 0.25) is 0 Å². The number of nitrogen functional groups attached to an aromatic ring is 1. The summed E-state index contributed by atoms with van der Waals surface area (Å²) in [4.78, 5) is 11.2. The fourth-order valence-electron chi connectivity index (χ4n) is 1.19. The van der Waals surface area contributed by atoms with Crippen LogP contribution in [-0.2, 0) is 28.5 Å². The van der Waals surface area contributed by atoms with Crippen LogP contribution in [0.15, 0.2) is 6.20 Å². The second-order valence-corrected chi connectivity index (χ2v) is 5.56. The summed E-state index contributed by atoms with van der Waals surface area (Å²) in [6.07, 6.45) is -0.0181. The van der Waals surface area contributed by atoms with Crippen molar-refractivity contribution in [1.29, 1.82) is 0 Å². The monoisotopic (exact) mass is 291 g/mol. The zero-order chi connectivity index (χ0) is 14.6. The highest BCUT2D eigenvalue weighted by Gasteiger charge is 2.17. The lowest BCUT2D eigenvalue weighted by Crippen LogP contribution is -2.40. The molecule has 0 fully saturated rings. The second kappa shape index (κ2) is 5.89. The van der Waals surface area contributed by atoms with Crippen molar-refractivity contribution in [3.05, 3.63) is 11.8 Å². The van der Waals surface area contributed by atoms with Gasteiger partial charge in [0, 0.05) is 19.2 Å². The van der Waals surface area contributed by atoms with E-state index in [1.54, 1.807) is 25.6 Å². The lowest BCUT2D eigenvalue weighted by atomic mass is 10.3. The van der Waals surface area contributed by atoms with Crippen LogP contribution in [0.5, 0.6) is 0 Å². The summed E-state index contributed by atoms with van der Waals surface area (Å²) >= 11 is 0. The van der Waals surface area contributed by atoms with E-state index in [1.165, 1.54) is 10.9 Å². The molecule has 0 aliphatic heterocycles. The number of amides is 1. The minimum absolute atomic E-state index is 0.0794. The SMILES string of the molecule is CC(C)OC(=O)NS(=O)(=O)NCc1cnn(C)c1N. The van der Waals surface area contributed by atoms with Crippen LogP contribution in [0.25, 0.3) is 0 Å². The molecule has 0 aromatic carbocycles. The lowest BCUT2D eigenvalue weighted by Gasteiger charge is -2.10. The molecule has 1 aromatic rings. The van der Waals surface area contributed by atoms with Gasteiger partial charge in [0.1, 0.15) is 5.82 Å². The van der Waals surface area contributed by atoms with Crippen LogP contribution in [0.1, 0.15) is 19.4 Å². The average molecular weight is 291 g/mol. The number of carbonyl (C=O) groups is 1. The minimum atomic E-state index is -4.00. The number of aromatic nitrogens is 2. The maximum absolute atomic E-state index is 11.5. The van der Waals surface area contributed by atoms with Crippen LogP contribution in [0.4, 0.5) is 10.6 Å². The molecule has 0 spiro atoms. The Morgan fingerprint density at radius 2 is 2.21 bits per heavy atom. The van der Waals surface area contributed by atoms with E-state index in [1.807, 2.05) is 0 Å². The van der Waals surface area contributed by atoms with Gasteiger partial charge in [-0.05, 0) is 13.8 Å². The summed E-state index contributed by atoms with van der Waals surface area (Å²) in [7, 11) is -2.37. The Morgan fingerprint density at radius 1 is 1.58 bits per heavy atom. The molecular formula is C9H17N5O4S. The molecule has 1 rings (SSSR count). The van der Waals surface area contributed by atoms with Crippen molar-refractivity contribution in [2.45, 2.75) is 26.5 Å². The first-order valence-electron chi connectivity index (χ1n) is 5.45. The molecule has 1 aromatic heterocycles. The van der Waals surface area contributed by atoms with Gasteiger partial charge < -0.3 is 10.5 Å². The molecule has 0 saturated heterocycles. The minimum Gasteiger partial charge on any atom is -0.446 e. The van der Waals surface area contributed by atoms with E-state index in [4.69, 9.17) is 5.73 Å². The van der Waals surface area contributed by atoms with Crippen molar-refractivity contribution in [2.24, 2.45) is 7.05 Å². The summed E-state index contributed by atoms with van der Waals surface area (Å²) in [5, 5.41) is 3.86. The van der Waals surface area contributed by atoms with Gasteiger partial charge in [0.15, 0.2) is 0 Å². The molecule has 0 bridgehead atoms. The van der Waals surface area contributed by atoms with Crippen molar-refractivity contribution >= 4 is 22.1 Å². The predicted molar refractivity (Wildman–Crippen MR) is 68.1 cm³/mol. The van der Waals surface area contributed by atoms with E-state index in [-0.39, 0.29) is 6.54 Å². The highest BCUT2D eigenvalue weighted by atomic mass is 32.2.